The normalized spacial score (nSPS) is 23.3. The number of aromatic nitrogens is 4. The summed E-state index contributed by atoms with van der Waals surface area (Å²) in [5, 5.41) is 18.7. The molecule has 1 aromatic carbocycles. The molecule has 0 aliphatic heterocycles. The topological polar surface area (TPSA) is 84.7 Å². The Kier molecular flexibility index (Phi) is 4.94. The molecule has 8 heteroatoms. The summed E-state index contributed by atoms with van der Waals surface area (Å²) >= 11 is 6.27. The Hall–Kier alpha value is -2.15. The van der Waals surface area contributed by atoms with Gasteiger partial charge in [-0.2, -0.15) is 4.68 Å². The number of hydrogen-bond donors (Lipinski definition) is 2. The summed E-state index contributed by atoms with van der Waals surface area (Å²) in [6.45, 7) is 4.18. The molecule has 0 atom stereocenters. The molecule has 25 heavy (non-hydrogen) atoms. The van der Waals surface area contributed by atoms with E-state index in [2.05, 4.69) is 33.1 Å². The highest BCUT2D eigenvalue weighted by molar-refractivity contribution is 6.31. The average Bonchev–Trinajstić information content (AvgIpc) is 3.10. The number of carbonyl (C=O) groups is 1. The summed E-state index contributed by atoms with van der Waals surface area (Å²) in [6, 6.07) is 5.48. The van der Waals surface area contributed by atoms with Crippen LogP contribution in [0.5, 0.6) is 0 Å². The van der Waals surface area contributed by atoms with Crippen molar-refractivity contribution in [3.05, 3.63) is 34.6 Å². The van der Waals surface area contributed by atoms with Crippen molar-refractivity contribution < 1.29 is 4.79 Å². The van der Waals surface area contributed by atoms with Crippen molar-refractivity contribution in [2.24, 2.45) is 5.92 Å². The largest absolute Gasteiger partial charge is 0.341 e. The van der Waals surface area contributed by atoms with E-state index in [0.717, 1.165) is 36.9 Å². The predicted molar refractivity (Wildman–Crippen MR) is 95.8 cm³/mol. The SMILES string of the molecule is CNC(=O)NC1(c2nnnn2-c2ccc(C)c(Cl)c2)CCC(C)CC1. The fourth-order valence-corrected chi connectivity index (χ4v) is 3.49. The van der Waals surface area contributed by atoms with E-state index in [1.165, 1.54) is 0 Å². The molecule has 1 aromatic heterocycles. The van der Waals surface area contributed by atoms with Crippen molar-refractivity contribution in [1.82, 2.24) is 30.8 Å². The molecule has 1 fully saturated rings. The third-order valence-corrected chi connectivity index (χ3v) is 5.41. The molecule has 0 bridgehead atoms. The van der Waals surface area contributed by atoms with Crippen LogP contribution in [-0.2, 0) is 5.54 Å². The van der Waals surface area contributed by atoms with Gasteiger partial charge in [-0.3, -0.25) is 0 Å². The van der Waals surface area contributed by atoms with Crippen LogP contribution in [0.25, 0.3) is 5.69 Å². The van der Waals surface area contributed by atoms with Crippen LogP contribution >= 0.6 is 11.6 Å². The monoisotopic (exact) mass is 362 g/mol. The second kappa shape index (κ2) is 7.00. The Morgan fingerprint density at radius 3 is 2.72 bits per heavy atom. The first-order chi connectivity index (χ1) is 11.9. The maximum atomic E-state index is 12.1. The summed E-state index contributed by atoms with van der Waals surface area (Å²) < 4.78 is 1.68. The molecule has 1 aliphatic carbocycles. The number of hydrogen-bond acceptors (Lipinski definition) is 4. The maximum absolute atomic E-state index is 12.1. The molecule has 0 saturated heterocycles. The van der Waals surface area contributed by atoms with E-state index in [-0.39, 0.29) is 6.03 Å². The van der Waals surface area contributed by atoms with Gasteiger partial charge in [0, 0.05) is 12.1 Å². The molecule has 7 nitrogen and oxygen atoms in total. The average molecular weight is 363 g/mol. The fraction of sp³-hybridized carbons (Fsp3) is 0.529. The first-order valence-electron chi connectivity index (χ1n) is 8.50. The molecular weight excluding hydrogens is 340 g/mol. The van der Waals surface area contributed by atoms with E-state index in [4.69, 9.17) is 11.6 Å². The van der Waals surface area contributed by atoms with Gasteiger partial charge in [0.2, 0.25) is 0 Å². The number of nitrogens with one attached hydrogen (secondary N) is 2. The number of carbonyl (C=O) groups excluding carboxylic acids is 1. The van der Waals surface area contributed by atoms with Gasteiger partial charge in [0.15, 0.2) is 5.82 Å². The van der Waals surface area contributed by atoms with Crippen LogP contribution < -0.4 is 10.6 Å². The highest BCUT2D eigenvalue weighted by atomic mass is 35.5. The highest BCUT2D eigenvalue weighted by Gasteiger charge is 2.42. The lowest BCUT2D eigenvalue weighted by Gasteiger charge is -2.38. The number of amides is 2. The molecule has 0 unspecified atom stereocenters. The first-order valence-corrected chi connectivity index (χ1v) is 8.88. The zero-order chi connectivity index (χ0) is 18.0. The molecule has 3 rings (SSSR count). The predicted octanol–water partition coefficient (Wildman–Crippen LogP) is 2.96. The van der Waals surface area contributed by atoms with Crippen LogP contribution in [0.4, 0.5) is 4.79 Å². The Balaban J connectivity index is 2.04. The Morgan fingerprint density at radius 2 is 2.08 bits per heavy atom. The number of urea groups is 1. The van der Waals surface area contributed by atoms with E-state index in [1.54, 1.807) is 11.7 Å². The van der Waals surface area contributed by atoms with Crippen LogP contribution in [0.15, 0.2) is 18.2 Å². The number of nitrogens with zero attached hydrogens (tertiary/aromatic N) is 4. The fourth-order valence-electron chi connectivity index (χ4n) is 3.31. The lowest BCUT2D eigenvalue weighted by molar-refractivity contribution is 0.177. The van der Waals surface area contributed by atoms with Gasteiger partial charge in [0.25, 0.3) is 0 Å². The third kappa shape index (κ3) is 3.46. The number of aryl methyl sites for hydroxylation is 1. The van der Waals surface area contributed by atoms with Crippen LogP contribution in [0.3, 0.4) is 0 Å². The summed E-state index contributed by atoms with van der Waals surface area (Å²) in [5.74, 6) is 1.26. The summed E-state index contributed by atoms with van der Waals surface area (Å²) in [4.78, 5) is 12.1. The minimum atomic E-state index is -0.590. The zero-order valence-electron chi connectivity index (χ0n) is 14.7. The summed E-state index contributed by atoms with van der Waals surface area (Å²) in [5.41, 5.74) is 1.19. The van der Waals surface area contributed by atoms with Gasteiger partial charge < -0.3 is 10.6 Å². The van der Waals surface area contributed by atoms with Crippen molar-refractivity contribution in [2.45, 2.75) is 45.1 Å². The van der Waals surface area contributed by atoms with Gasteiger partial charge in [-0.1, -0.05) is 24.6 Å². The molecule has 1 heterocycles. The van der Waals surface area contributed by atoms with E-state index >= 15 is 0 Å². The quantitative estimate of drug-likeness (QED) is 0.879. The Morgan fingerprint density at radius 1 is 1.36 bits per heavy atom. The summed E-state index contributed by atoms with van der Waals surface area (Å²) in [6.07, 6.45) is 3.60. The van der Waals surface area contributed by atoms with Gasteiger partial charge in [-0.25, -0.2) is 4.79 Å². The second-order valence-corrected chi connectivity index (χ2v) is 7.22. The summed E-state index contributed by atoms with van der Waals surface area (Å²) in [7, 11) is 1.61. The van der Waals surface area contributed by atoms with Gasteiger partial charge in [0.05, 0.1) is 5.69 Å². The lowest BCUT2D eigenvalue weighted by atomic mass is 9.76. The van der Waals surface area contributed by atoms with Crippen LogP contribution in [0.1, 0.15) is 44.0 Å². The standard InChI is InChI=1S/C17H23ClN6O/c1-11-6-8-17(9-7-11,20-16(25)19-3)15-21-22-23-24(15)13-5-4-12(2)14(18)10-13/h4-5,10-11H,6-9H2,1-3H3,(H2,19,20,25). The molecule has 134 valence electrons. The molecular formula is C17H23ClN6O. The van der Waals surface area contributed by atoms with E-state index in [0.29, 0.717) is 16.8 Å². The Labute approximate surface area is 152 Å². The molecule has 0 spiro atoms. The third-order valence-electron chi connectivity index (χ3n) is 5.01. The minimum absolute atomic E-state index is 0.231. The minimum Gasteiger partial charge on any atom is -0.341 e. The molecule has 2 N–H and O–H groups in total. The first kappa shape index (κ1) is 17.7. The number of halogens is 1. The van der Waals surface area contributed by atoms with Crippen molar-refractivity contribution in [2.75, 3.05) is 7.05 Å². The smallest absolute Gasteiger partial charge is 0.315 e. The van der Waals surface area contributed by atoms with Crippen molar-refractivity contribution in [3.63, 3.8) is 0 Å². The number of rotatable bonds is 3. The van der Waals surface area contributed by atoms with Crippen LogP contribution in [0, 0.1) is 12.8 Å². The molecule has 1 aliphatic rings. The lowest BCUT2D eigenvalue weighted by Crippen LogP contribution is -2.52. The number of benzene rings is 1. The van der Waals surface area contributed by atoms with Crippen molar-refractivity contribution in [3.8, 4) is 5.69 Å². The maximum Gasteiger partial charge on any atom is 0.315 e. The molecule has 2 amide bonds. The van der Waals surface area contributed by atoms with Crippen molar-refractivity contribution in [1.29, 1.82) is 0 Å². The van der Waals surface area contributed by atoms with E-state index in [9.17, 15) is 4.79 Å². The van der Waals surface area contributed by atoms with Crippen molar-refractivity contribution >= 4 is 17.6 Å². The van der Waals surface area contributed by atoms with Gasteiger partial charge in [-0.05, 0) is 66.6 Å². The van der Waals surface area contributed by atoms with Gasteiger partial charge in [-0.15, -0.1) is 5.10 Å². The van der Waals surface area contributed by atoms with Crippen LogP contribution in [0.2, 0.25) is 5.02 Å². The molecule has 2 aromatic rings. The van der Waals surface area contributed by atoms with E-state index in [1.807, 2.05) is 25.1 Å². The second-order valence-electron chi connectivity index (χ2n) is 6.82. The van der Waals surface area contributed by atoms with Crippen LogP contribution in [-0.4, -0.2) is 33.3 Å². The highest BCUT2D eigenvalue weighted by Crippen LogP contribution is 2.39. The zero-order valence-corrected chi connectivity index (χ0v) is 15.5. The van der Waals surface area contributed by atoms with E-state index < -0.39 is 5.54 Å². The number of tetrazole rings is 1. The Bertz CT molecular complexity index is 766. The van der Waals surface area contributed by atoms with Gasteiger partial charge in [0.1, 0.15) is 5.54 Å². The van der Waals surface area contributed by atoms with Gasteiger partial charge >= 0.3 is 6.03 Å². The molecule has 0 radical (unpaired) electrons. The molecule has 1 saturated carbocycles.